The highest BCUT2D eigenvalue weighted by molar-refractivity contribution is 5.89. The topological polar surface area (TPSA) is 133 Å². The Morgan fingerprint density at radius 3 is 3.05 bits per heavy atom. The van der Waals surface area contributed by atoms with Crippen molar-refractivity contribution in [1.82, 2.24) is 19.5 Å². The lowest BCUT2D eigenvalue weighted by Crippen LogP contribution is -2.19. The predicted octanol–water partition coefficient (Wildman–Crippen LogP) is -0.493. The number of nitrogens with zero attached hydrogens (tertiary/aromatic N) is 3. The summed E-state index contributed by atoms with van der Waals surface area (Å²) in [5, 5.41) is 21.0. The van der Waals surface area contributed by atoms with Gasteiger partial charge in [-0.3, -0.25) is 24.5 Å². The molecule has 0 fully saturated rings. The maximum Gasteiger partial charge on any atom is 0.280 e. The Morgan fingerprint density at radius 1 is 1.62 bits per heavy atom. The molecule has 0 saturated heterocycles. The molecule has 0 aliphatic heterocycles. The van der Waals surface area contributed by atoms with Crippen LogP contribution >= 0.6 is 0 Å². The van der Waals surface area contributed by atoms with Gasteiger partial charge in [-0.25, -0.2) is 4.98 Å². The maximum absolute atomic E-state index is 11.8. The van der Waals surface area contributed by atoms with Crippen molar-refractivity contribution in [1.29, 1.82) is 0 Å². The van der Waals surface area contributed by atoms with Gasteiger partial charge in [0.05, 0.1) is 12.9 Å². The summed E-state index contributed by atoms with van der Waals surface area (Å²) in [6.07, 6.45) is 2.24. The number of aromatic amines is 1. The fraction of sp³-hybridized carbons (Fsp3) is 0.333. The molecule has 2 aromatic rings. The minimum Gasteiger partial charge on any atom is -0.392 e. The number of allylic oxidation sites excluding steroid dienone is 1. The summed E-state index contributed by atoms with van der Waals surface area (Å²) in [4.78, 5) is 33.7. The Hall–Kier alpha value is -2.52. The summed E-state index contributed by atoms with van der Waals surface area (Å²) in [7, 11) is 0. The van der Waals surface area contributed by atoms with Crippen LogP contribution in [-0.2, 0) is 4.79 Å². The number of aromatic nitrogens is 4. The number of nitrogens with one attached hydrogen (secondary N) is 2. The number of hydrogen-bond acceptors (Lipinski definition) is 6. The number of imidazole rings is 1. The zero-order valence-electron chi connectivity index (χ0n) is 11.1. The van der Waals surface area contributed by atoms with E-state index >= 15 is 0 Å². The molecule has 9 heteroatoms. The average molecular weight is 293 g/mol. The highest BCUT2D eigenvalue weighted by Gasteiger charge is 2.15. The van der Waals surface area contributed by atoms with Gasteiger partial charge in [0.1, 0.15) is 0 Å². The quantitative estimate of drug-likeness (QED) is 0.531. The monoisotopic (exact) mass is 293 g/mol. The summed E-state index contributed by atoms with van der Waals surface area (Å²) in [5.74, 6) is -0.375. The molecule has 0 spiro atoms. The zero-order chi connectivity index (χ0) is 15.4. The Morgan fingerprint density at radius 2 is 2.38 bits per heavy atom. The Balaban J connectivity index is 2.36. The van der Waals surface area contributed by atoms with E-state index in [9.17, 15) is 14.7 Å². The number of anilines is 1. The predicted molar refractivity (Wildman–Crippen MR) is 74.6 cm³/mol. The average Bonchev–Trinajstić information content (AvgIpc) is 2.88. The van der Waals surface area contributed by atoms with Gasteiger partial charge in [-0.15, -0.1) is 6.58 Å². The van der Waals surface area contributed by atoms with Crippen LogP contribution in [0.1, 0.15) is 19.1 Å². The molecule has 2 aromatic heterocycles. The van der Waals surface area contributed by atoms with Crippen LogP contribution in [0, 0.1) is 0 Å². The highest BCUT2D eigenvalue weighted by Crippen LogP contribution is 2.12. The van der Waals surface area contributed by atoms with Crippen LogP contribution in [0.4, 0.5) is 5.95 Å². The molecule has 9 nitrogen and oxygen atoms in total. The fourth-order valence-electron chi connectivity index (χ4n) is 1.72. The number of aliphatic hydroxyl groups is 2. The molecule has 0 bridgehead atoms. The Bertz CT molecular complexity index is 720. The summed E-state index contributed by atoms with van der Waals surface area (Å²) in [6, 6.07) is 0. The minimum absolute atomic E-state index is 0.00610. The van der Waals surface area contributed by atoms with Gasteiger partial charge in [0.25, 0.3) is 5.56 Å². The molecule has 0 saturated carbocycles. The summed E-state index contributed by atoms with van der Waals surface area (Å²) in [6.45, 7) is 2.96. The van der Waals surface area contributed by atoms with E-state index in [0.29, 0.717) is 6.42 Å². The number of rotatable bonds is 6. The van der Waals surface area contributed by atoms with Gasteiger partial charge in [-0.05, 0) is 6.42 Å². The Labute approximate surface area is 119 Å². The van der Waals surface area contributed by atoms with Crippen molar-refractivity contribution in [2.75, 3.05) is 11.9 Å². The van der Waals surface area contributed by atoms with Crippen LogP contribution in [0.25, 0.3) is 11.2 Å². The van der Waals surface area contributed by atoms with E-state index < -0.39 is 18.4 Å². The van der Waals surface area contributed by atoms with Crippen molar-refractivity contribution in [3.8, 4) is 0 Å². The molecule has 2 rings (SSSR count). The molecule has 1 amide bonds. The molecular weight excluding hydrogens is 278 g/mol. The maximum atomic E-state index is 11.8. The van der Waals surface area contributed by atoms with Gasteiger partial charge in [-0.2, -0.15) is 4.98 Å². The third-order valence-corrected chi connectivity index (χ3v) is 2.75. The van der Waals surface area contributed by atoms with E-state index in [1.54, 1.807) is 6.08 Å². The first-order valence-corrected chi connectivity index (χ1v) is 6.23. The molecular formula is C12H15N5O4. The van der Waals surface area contributed by atoms with Crippen LogP contribution < -0.4 is 10.9 Å². The third-order valence-electron chi connectivity index (χ3n) is 2.75. The largest absolute Gasteiger partial charge is 0.392 e. The molecule has 2 heterocycles. The number of aliphatic hydroxyl groups excluding tert-OH is 2. The molecule has 1 unspecified atom stereocenters. The summed E-state index contributed by atoms with van der Waals surface area (Å²) < 4.78 is 1.14. The molecule has 0 aliphatic carbocycles. The van der Waals surface area contributed by atoms with Crippen molar-refractivity contribution in [2.24, 2.45) is 0 Å². The molecule has 0 radical (unpaired) electrons. The molecule has 0 aliphatic rings. The fourth-order valence-corrected chi connectivity index (χ4v) is 1.72. The second kappa shape index (κ2) is 6.29. The van der Waals surface area contributed by atoms with Gasteiger partial charge in [0, 0.05) is 6.42 Å². The number of carbonyl (C=O) groups excluding carboxylic acids is 1. The summed E-state index contributed by atoms with van der Waals surface area (Å²) >= 11 is 0. The molecule has 112 valence electrons. The van der Waals surface area contributed by atoms with Crippen molar-refractivity contribution in [2.45, 2.75) is 19.1 Å². The second-order valence-electron chi connectivity index (χ2n) is 4.28. The highest BCUT2D eigenvalue weighted by atomic mass is 16.3. The lowest BCUT2D eigenvalue weighted by molar-refractivity contribution is -0.116. The normalized spacial score (nSPS) is 12.3. The van der Waals surface area contributed by atoms with E-state index in [1.165, 1.54) is 6.33 Å². The van der Waals surface area contributed by atoms with Crippen LogP contribution in [0.3, 0.4) is 0 Å². The van der Waals surface area contributed by atoms with Gasteiger partial charge in [-0.1, -0.05) is 6.08 Å². The van der Waals surface area contributed by atoms with Crippen molar-refractivity contribution >= 4 is 23.0 Å². The Kier molecular flexibility index (Phi) is 4.45. The van der Waals surface area contributed by atoms with Gasteiger partial charge in [0.2, 0.25) is 11.9 Å². The first-order valence-electron chi connectivity index (χ1n) is 6.23. The van der Waals surface area contributed by atoms with E-state index in [4.69, 9.17) is 5.11 Å². The molecule has 21 heavy (non-hydrogen) atoms. The van der Waals surface area contributed by atoms with Crippen molar-refractivity contribution < 1.29 is 15.0 Å². The molecule has 1 atom stereocenters. The van der Waals surface area contributed by atoms with Crippen molar-refractivity contribution in [3.63, 3.8) is 0 Å². The number of H-pyrrole nitrogens is 1. The lowest BCUT2D eigenvalue weighted by atomic mass is 10.3. The van der Waals surface area contributed by atoms with E-state index in [1.807, 2.05) is 0 Å². The molecule has 4 N–H and O–H groups in total. The van der Waals surface area contributed by atoms with Crippen LogP contribution in [0.5, 0.6) is 0 Å². The minimum atomic E-state index is -1.27. The SMILES string of the molecule is C=CCCC(=O)Nc1nc2c(ncn2C(O)CO)c(=O)[nH]1. The first kappa shape index (κ1) is 14.9. The van der Waals surface area contributed by atoms with Crippen LogP contribution in [0.2, 0.25) is 0 Å². The van der Waals surface area contributed by atoms with E-state index in [2.05, 4.69) is 26.8 Å². The van der Waals surface area contributed by atoms with Crippen molar-refractivity contribution in [3.05, 3.63) is 29.3 Å². The van der Waals surface area contributed by atoms with Gasteiger partial charge < -0.3 is 10.2 Å². The number of amides is 1. The van der Waals surface area contributed by atoms with Crippen LogP contribution in [0.15, 0.2) is 23.8 Å². The molecule has 0 aromatic carbocycles. The van der Waals surface area contributed by atoms with Gasteiger partial charge >= 0.3 is 0 Å². The third kappa shape index (κ3) is 3.15. The lowest BCUT2D eigenvalue weighted by Gasteiger charge is -2.09. The van der Waals surface area contributed by atoms with Gasteiger partial charge in [0.15, 0.2) is 17.4 Å². The smallest absolute Gasteiger partial charge is 0.280 e. The standard InChI is InChI=1S/C12H15N5O4/c1-2-3-4-7(19)14-12-15-10-9(11(21)16-12)13-6-17(10)8(20)5-18/h2,6,8,18,20H,1,3-5H2,(H2,14,15,16,19,21). The van der Waals surface area contributed by atoms with E-state index in [0.717, 1.165) is 4.57 Å². The van der Waals surface area contributed by atoms with E-state index in [-0.39, 0.29) is 29.4 Å². The second-order valence-corrected chi connectivity index (χ2v) is 4.28. The van der Waals surface area contributed by atoms with Crippen LogP contribution in [-0.4, -0.2) is 42.2 Å². The first-order chi connectivity index (χ1) is 10.1. The summed E-state index contributed by atoms with van der Waals surface area (Å²) in [5.41, 5.74) is -0.478. The number of fused-ring (bicyclic) bond motifs is 1. The zero-order valence-corrected chi connectivity index (χ0v) is 11.1. The number of carbonyl (C=O) groups is 1. The number of hydrogen-bond donors (Lipinski definition) is 4.